The van der Waals surface area contributed by atoms with Gasteiger partial charge in [-0.15, -0.1) is 0 Å². The van der Waals surface area contributed by atoms with Gasteiger partial charge in [-0.25, -0.2) is 4.79 Å². The summed E-state index contributed by atoms with van der Waals surface area (Å²) in [6.07, 6.45) is -0.997. The van der Waals surface area contributed by atoms with Gasteiger partial charge in [-0.3, -0.25) is 14.3 Å². The van der Waals surface area contributed by atoms with E-state index in [-0.39, 0.29) is 19.6 Å². The lowest BCUT2D eigenvalue weighted by molar-refractivity contribution is -0.0261. The fourth-order valence-corrected chi connectivity index (χ4v) is 1.93. The molecule has 2 heterocycles. The number of H-pyrrole nitrogens is 1. The van der Waals surface area contributed by atoms with Crippen molar-refractivity contribution >= 4 is 0 Å². The molecule has 1 aromatic rings. The van der Waals surface area contributed by atoms with Crippen LogP contribution in [-0.4, -0.2) is 44.7 Å². The summed E-state index contributed by atoms with van der Waals surface area (Å²) in [5, 5.41) is 18.4. The van der Waals surface area contributed by atoms with Crippen molar-refractivity contribution in [1.29, 1.82) is 0 Å². The Bertz CT molecular complexity index is 540. The molecule has 0 saturated carbocycles. The third-order valence-electron chi connectivity index (χ3n) is 2.85. The van der Waals surface area contributed by atoms with Crippen LogP contribution in [0.25, 0.3) is 0 Å². The van der Waals surface area contributed by atoms with Crippen molar-refractivity contribution in [2.45, 2.75) is 31.3 Å². The molecule has 0 spiro atoms. The lowest BCUT2D eigenvalue weighted by atomic mass is 10.1. The molecule has 1 fully saturated rings. The van der Waals surface area contributed by atoms with Crippen LogP contribution < -0.4 is 11.2 Å². The second-order valence-electron chi connectivity index (χ2n) is 4.17. The summed E-state index contributed by atoms with van der Waals surface area (Å²) in [5.41, 5.74) is -1.82. The van der Waals surface area contributed by atoms with Gasteiger partial charge in [0.1, 0.15) is 6.10 Å². The summed E-state index contributed by atoms with van der Waals surface area (Å²) in [6.45, 7) is -0.327. The van der Waals surface area contributed by atoms with Gasteiger partial charge >= 0.3 is 5.69 Å². The van der Waals surface area contributed by atoms with Gasteiger partial charge in [-0.1, -0.05) is 0 Å². The number of aliphatic hydroxyl groups excluding tert-OH is 2. The van der Waals surface area contributed by atoms with Crippen molar-refractivity contribution in [3.63, 3.8) is 0 Å². The molecule has 0 amide bonds. The molecule has 1 aliphatic heterocycles. The lowest BCUT2D eigenvalue weighted by Crippen LogP contribution is -2.34. The van der Waals surface area contributed by atoms with Gasteiger partial charge in [0.2, 0.25) is 5.82 Å². The van der Waals surface area contributed by atoms with E-state index in [0.29, 0.717) is 0 Å². The zero-order chi connectivity index (χ0) is 13.3. The minimum absolute atomic E-state index is 0.0000926. The number of nitrogens with one attached hydrogen (secondary N) is 1. The van der Waals surface area contributed by atoms with E-state index in [0.717, 1.165) is 10.8 Å². The van der Waals surface area contributed by atoms with Crippen LogP contribution in [-0.2, 0) is 11.3 Å². The summed E-state index contributed by atoms with van der Waals surface area (Å²) in [7, 11) is 0. The largest absolute Gasteiger partial charge is 0.394 e. The van der Waals surface area contributed by atoms with E-state index >= 15 is 0 Å². The second-order valence-corrected chi connectivity index (χ2v) is 4.17. The molecule has 0 radical (unpaired) electrons. The maximum atomic E-state index is 13.0. The number of aromatic amines is 1. The number of nitrogens with zero attached hydrogens (tertiary/aromatic N) is 1. The molecule has 1 saturated heterocycles. The Balaban J connectivity index is 2.14. The molecule has 3 atom stereocenters. The Hall–Kier alpha value is -1.51. The molecule has 3 N–H and O–H groups in total. The van der Waals surface area contributed by atoms with Gasteiger partial charge < -0.3 is 14.9 Å². The maximum Gasteiger partial charge on any atom is 0.328 e. The third kappa shape index (κ3) is 2.50. The van der Waals surface area contributed by atoms with Gasteiger partial charge in [-0.2, -0.15) is 4.39 Å². The number of ether oxygens (including phenoxy) is 1. The number of aromatic nitrogens is 2. The summed E-state index contributed by atoms with van der Waals surface area (Å²) in [5.74, 6) is -1.06. The Morgan fingerprint density at radius 1 is 1.56 bits per heavy atom. The molecule has 2 rings (SSSR count). The van der Waals surface area contributed by atoms with Crippen molar-refractivity contribution in [2.24, 2.45) is 0 Å². The van der Waals surface area contributed by atoms with Crippen LogP contribution in [0.5, 0.6) is 0 Å². The summed E-state index contributed by atoms with van der Waals surface area (Å²) in [4.78, 5) is 24.0. The number of rotatable bonds is 3. The zero-order valence-electron chi connectivity index (χ0n) is 9.38. The molecule has 3 unspecified atom stereocenters. The molecule has 0 aromatic carbocycles. The van der Waals surface area contributed by atoms with Crippen LogP contribution >= 0.6 is 0 Å². The molecule has 1 aromatic heterocycles. The van der Waals surface area contributed by atoms with Crippen molar-refractivity contribution in [1.82, 2.24) is 9.55 Å². The highest BCUT2D eigenvalue weighted by Gasteiger charge is 2.33. The number of hydrogen-bond acceptors (Lipinski definition) is 5. The molecule has 18 heavy (non-hydrogen) atoms. The summed E-state index contributed by atoms with van der Waals surface area (Å²) in [6, 6.07) is 0. The van der Waals surface area contributed by atoms with Gasteiger partial charge in [0.25, 0.3) is 5.56 Å². The van der Waals surface area contributed by atoms with Crippen LogP contribution in [0.15, 0.2) is 15.8 Å². The molecular formula is C10H13FN2O5. The first kappa shape index (κ1) is 12.9. The van der Waals surface area contributed by atoms with Gasteiger partial charge in [-0.05, 0) is 0 Å². The van der Waals surface area contributed by atoms with E-state index in [1.54, 1.807) is 0 Å². The first-order chi connectivity index (χ1) is 8.51. The minimum Gasteiger partial charge on any atom is -0.394 e. The molecule has 7 nitrogen and oxygen atoms in total. The standard InChI is InChI=1S/C10H13FN2O5/c11-6-3-13(10(17)12-9(6)16)2-5-1-7(15)8(4-14)18-5/h3,5,7-8,14-15H,1-2,4H2,(H,12,16,17). The highest BCUT2D eigenvalue weighted by atomic mass is 19.1. The van der Waals surface area contributed by atoms with Crippen LogP contribution in [0, 0.1) is 5.82 Å². The van der Waals surface area contributed by atoms with E-state index in [1.807, 2.05) is 4.98 Å². The second kappa shape index (κ2) is 5.01. The SMILES string of the molecule is O=c1[nH]c(=O)n(CC2CC(O)C(CO)O2)cc1F. The van der Waals surface area contributed by atoms with E-state index < -0.39 is 35.4 Å². The fourth-order valence-electron chi connectivity index (χ4n) is 1.93. The average molecular weight is 260 g/mol. The van der Waals surface area contributed by atoms with Crippen molar-refractivity contribution in [3.8, 4) is 0 Å². The van der Waals surface area contributed by atoms with Crippen LogP contribution in [0.2, 0.25) is 0 Å². The number of aliphatic hydroxyl groups is 2. The minimum atomic E-state index is -1.07. The summed E-state index contributed by atoms with van der Waals surface area (Å²) < 4.78 is 19.3. The van der Waals surface area contributed by atoms with Gasteiger partial charge in [0.05, 0.1) is 31.6 Å². The molecular weight excluding hydrogens is 247 g/mol. The number of hydrogen-bond donors (Lipinski definition) is 3. The fraction of sp³-hybridized carbons (Fsp3) is 0.600. The van der Waals surface area contributed by atoms with Gasteiger partial charge in [0, 0.05) is 6.42 Å². The van der Waals surface area contributed by atoms with Crippen LogP contribution in [0.3, 0.4) is 0 Å². The van der Waals surface area contributed by atoms with E-state index in [1.165, 1.54) is 0 Å². The third-order valence-corrected chi connectivity index (χ3v) is 2.85. The molecule has 8 heteroatoms. The maximum absolute atomic E-state index is 13.0. The van der Waals surface area contributed by atoms with Crippen molar-refractivity contribution < 1.29 is 19.3 Å². The van der Waals surface area contributed by atoms with Gasteiger partial charge in [0.15, 0.2) is 0 Å². The normalized spacial score (nSPS) is 27.6. The smallest absolute Gasteiger partial charge is 0.328 e. The molecule has 0 aliphatic carbocycles. The van der Waals surface area contributed by atoms with Crippen molar-refractivity contribution in [2.75, 3.05) is 6.61 Å². The average Bonchev–Trinajstić information content (AvgIpc) is 2.66. The molecule has 1 aliphatic rings. The summed E-state index contributed by atoms with van der Waals surface area (Å²) >= 11 is 0. The first-order valence-corrected chi connectivity index (χ1v) is 5.45. The quantitative estimate of drug-likeness (QED) is 0.594. The lowest BCUT2D eigenvalue weighted by Gasteiger charge is -2.13. The predicted octanol–water partition coefficient (Wildman–Crippen LogP) is -1.81. The van der Waals surface area contributed by atoms with Crippen LogP contribution in [0.1, 0.15) is 6.42 Å². The Morgan fingerprint density at radius 2 is 2.28 bits per heavy atom. The Kier molecular flexibility index (Phi) is 3.60. The zero-order valence-corrected chi connectivity index (χ0v) is 9.38. The highest BCUT2D eigenvalue weighted by Crippen LogP contribution is 2.20. The van der Waals surface area contributed by atoms with E-state index in [4.69, 9.17) is 9.84 Å². The highest BCUT2D eigenvalue weighted by molar-refractivity contribution is 4.89. The van der Waals surface area contributed by atoms with Crippen LogP contribution in [0.4, 0.5) is 4.39 Å². The molecule has 100 valence electrons. The van der Waals surface area contributed by atoms with Crippen molar-refractivity contribution in [3.05, 3.63) is 32.9 Å². The Morgan fingerprint density at radius 3 is 2.89 bits per heavy atom. The predicted molar refractivity (Wildman–Crippen MR) is 57.7 cm³/mol. The first-order valence-electron chi connectivity index (χ1n) is 5.45. The molecule has 0 bridgehead atoms. The van der Waals surface area contributed by atoms with E-state index in [9.17, 15) is 19.1 Å². The Labute approximate surface area is 100 Å². The number of halogens is 1. The van der Waals surface area contributed by atoms with E-state index in [2.05, 4.69) is 0 Å². The monoisotopic (exact) mass is 260 g/mol. The topological polar surface area (TPSA) is 105 Å².